The normalized spacial score (nSPS) is 11.5. The Morgan fingerprint density at radius 1 is 0.971 bits per heavy atom. The smallest absolute Gasteiger partial charge is 0.240 e. The SMILES string of the molecule is CC.CCc1nc(CC(C)(C)C/C=C/c2cccc(-c3nc4ccccc4nc3OC)c2)cs1. The highest BCUT2D eigenvalue weighted by Gasteiger charge is 2.18. The first kappa shape index (κ1) is 25.6. The van der Waals surface area contributed by atoms with Crippen molar-refractivity contribution >= 4 is 28.4 Å². The number of nitrogens with zero attached hydrogens (tertiary/aromatic N) is 3. The van der Waals surface area contributed by atoms with E-state index in [0.717, 1.165) is 47.1 Å². The van der Waals surface area contributed by atoms with E-state index >= 15 is 0 Å². The molecule has 0 unspecified atom stereocenters. The first-order valence-corrected chi connectivity index (χ1v) is 12.9. The fourth-order valence-electron chi connectivity index (χ4n) is 3.77. The number of para-hydroxylation sites is 2. The van der Waals surface area contributed by atoms with Crippen LogP contribution in [0.15, 0.2) is 60.0 Å². The molecule has 0 N–H and O–H groups in total. The maximum absolute atomic E-state index is 5.54. The van der Waals surface area contributed by atoms with Crippen LogP contribution < -0.4 is 4.74 Å². The summed E-state index contributed by atoms with van der Waals surface area (Å²) >= 11 is 1.76. The van der Waals surface area contributed by atoms with Gasteiger partial charge in [-0.05, 0) is 48.4 Å². The van der Waals surface area contributed by atoms with E-state index in [4.69, 9.17) is 14.7 Å². The predicted octanol–water partition coefficient (Wildman–Crippen LogP) is 8.02. The number of hydrogen-bond donors (Lipinski definition) is 0. The summed E-state index contributed by atoms with van der Waals surface area (Å²) < 4.78 is 5.54. The van der Waals surface area contributed by atoms with Crippen LogP contribution in [0.2, 0.25) is 0 Å². The van der Waals surface area contributed by atoms with Gasteiger partial charge in [-0.25, -0.2) is 15.0 Å². The van der Waals surface area contributed by atoms with E-state index < -0.39 is 0 Å². The van der Waals surface area contributed by atoms with Crippen molar-refractivity contribution in [1.29, 1.82) is 0 Å². The fraction of sp³-hybridized carbons (Fsp3) is 0.345. The lowest BCUT2D eigenvalue weighted by atomic mass is 9.84. The maximum Gasteiger partial charge on any atom is 0.240 e. The molecule has 4 nitrogen and oxygen atoms in total. The number of thiazole rings is 1. The molecule has 0 fully saturated rings. The molecule has 0 spiro atoms. The first-order chi connectivity index (χ1) is 16.5. The van der Waals surface area contributed by atoms with Crippen LogP contribution >= 0.6 is 11.3 Å². The van der Waals surface area contributed by atoms with E-state index in [-0.39, 0.29) is 5.41 Å². The van der Waals surface area contributed by atoms with E-state index in [1.54, 1.807) is 18.4 Å². The van der Waals surface area contributed by atoms with Crippen molar-refractivity contribution in [1.82, 2.24) is 15.0 Å². The lowest BCUT2D eigenvalue weighted by molar-refractivity contribution is 0.366. The van der Waals surface area contributed by atoms with Crippen LogP contribution in [0.1, 0.15) is 57.3 Å². The Labute approximate surface area is 207 Å². The number of benzene rings is 2. The van der Waals surface area contributed by atoms with Gasteiger partial charge in [0.25, 0.3) is 0 Å². The van der Waals surface area contributed by atoms with Crippen LogP contribution in [-0.2, 0) is 12.8 Å². The molecule has 2 aromatic heterocycles. The average molecular weight is 474 g/mol. The summed E-state index contributed by atoms with van der Waals surface area (Å²) in [7, 11) is 1.64. The van der Waals surface area contributed by atoms with Gasteiger partial charge in [-0.1, -0.05) is 77.1 Å². The molecule has 0 radical (unpaired) electrons. The number of aromatic nitrogens is 3. The summed E-state index contributed by atoms with van der Waals surface area (Å²) in [5.74, 6) is 0.542. The summed E-state index contributed by atoms with van der Waals surface area (Å²) in [5, 5.41) is 3.42. The molecule has 0 saturated carbocycles. The predicted molar refractivity (Wildman–Crippen MR) is 146 cm³/mol. The van der Waals surface area contributed by atoms with Gasteiger partial charge in [0.2, 0.25) is 5.88 Å². The molecule has 2 aromatic carbocycles. The lowest BCUT2D eigenvalue weighted by Crippen LogP contribution is -2.14. The summed E-state index contributed by atoms with van der Waals surface area (Å²) in [4.78, 5) is 14.2. The molecule has 0 amide bonds. The second-order valence-electron chi connectivity index (χ2n) is 8.73. The van der Waals surface area contributed by atoms with Gasteiger partial charge < -0.3 is 4.74 Å². The molecule has 2 heterocycles. The van der Waals surface area contributed by atoms with E-state index in [9.17, 15) is 0 Å². The van der Waals surface area contributed by atoms with Gasteiger partial charge >= 0.3 is 0 Å². The van der Waals surface area contributed by atoms with E-state index in [2.05, 4.69) is 67.6 Å². The van der Waals surface area contributed by atoms with Gasteiger partial charge in [-0.3, -0.25) is 0 Å². The molecule has 0 aliphatic carbocycles. The van der Waals surface area contributed by atoms with Gasteiger partial charge in [0.1, 0.15) is 5.69 Å². The first-order valence-electron chi connectivity index (χ1n) is 12.0. The molecule has 0 aliphatic heterocycles. The monoisotopic (exact) mass is 473 g/mol. The van der Waals surface area contributed by atoms with Crippen LogP contribution in [0.25, 0.3) is 28.4 Å². The Kier molecular flexibility index (Phi) is 8.94. The molecular formula is C29H35N3OS. The minimum absolute atomic E-state index is 0.153. The Morgan fingerprint density at radius 3 is 2.38 bits per heavy atom. The highest BCUT2D eigenvalue weighted by molar-refractivity contribution is 7.09. The van der Waals surface area contributed by atoms with Crippen molar-refractivity contribution in [2.24, 2.45) is 5.41 Å². The van der Waals surface area contributed by atoms with Crippen molar-refractivity contribution in [2.45, 2.75) is 53.9 Å². The molecular weight excluding hydrogens is 438 g/mol. The van der Waals surface area contributed by atoms with E-state index in [1.807, 2.05) is 38.1 Å². The summed E-state index contributed by atoms with van der Waals surface area (Å²) in [6.07, 6.45) is 7.42. The zero-order valence-electron chi connectivity index (χ0n) is 21.1. The number of ether oxygens (including phenoxy) is 1. The van der Waals surface area contributed by atoms with Gasteiger partial charge in [0, 0.05) is 10.9 Å². The van der Waals surface area contributed by atoms with Gasteiger partial charge in [0.05, 0.1) is 28.8 Å². The molecule has 178 valence electrons. The minimum Gasteiger partial charge on any atom is -0.479 e. The third kappa shape index (κ3) is 6.51. The number of aryl methyl sites for hydroxylation is 1. The molecule has 34 heavy (non-hydrogen) atoms. The van der Waals surface area contributed by atoms with Crippen molar-refractivity contribution in [3.63, 3.8) is 0 Å². The number of allylic oxidation sites excluding steroid dienone is 1. The lowest BCUT2D eigenvalue weighted by Gasteiger charge is -2.21. The van der Waals surface area contributed by atoms with E-state index in [0.29, 0.717) is 5.88 Å². The fourth-order valence-corrected chi connectivity index (χ4v) is 4.52. The second kappa shape index (κ2) is 11.9. The molecule has 0 atom stereocenters. The molecule has 5 heteroatoms. The third-order valence-corrected chi connectivity index (χ3v) is 6.48. The Bertz CT molecular complexity index is 1240. The molecule has 0 aliphatic rings. The van der Waals surface area contributed by atoms with Crippen LogP contribution in [-0.4, -0.2) is 22.1 Å². The zero-order valence-corrected chi connectivity index (χ0v) is 21.9. The zero-order chi connectivity index (χ0) is 24.6. The van der Waals surface area contributed by atoms with Crippen molar-refractivity contribution in [3.05, 3.63) is 76.3 Å². The van der Waals surface area contributed by atoms with Gasteiger partial charge in [-0.15, -0.1) is 11.3 Å². The standard InChI is InChI=1S/C27H29N3OS.C2H6/c1-5-24-28-21(18-32-24)17-27(2,3)15-9-11-19-10-8-12-20(16-19)25-26(31-4)30-23-14-7-6-13-22(23)29-25;1-2/h6-14,16,18H,5,15,17H2,1-4H3;1-2H3/b11-9+;. The number of fused-ring (bicyclic) bond motifs is 1. The van der Waals surface area contributed by atoms with Crippen LogP contribution in [0.5, 0.6) is 5.88 Å². The topological polar surface area (TPSA) is 47.9 Å². The third-order valence-electron chi connectivity index (χ3n) is 5.43. The van der Waals surface area contributed by atoms with Crippen molar-refractivity contribution in [3.8, 4) is 17.1 Å². The summed E-state index contributed by atoms with van der Waals surface area (Å²) in [6.45, 7) is 10.8. The molecule has 0 bridgehead atoms. The average Bonchev–Trinajstić information content (AvgIpc) is 3.31. The highest BCUT2D eigenvalue weighted by atomic mass is 32.1. The number of rotatable bonds is 8. The molecule has 0 saturated heterocycles. The second-order valence-corrected chi connectivity index (χ2v) is 9.67. The van der Waals surface area contributed by atoms with Gasteiger partial charge in [0.15, 0.2) is 0 Å². The van der Waals surface area contributed by atoms with Crippen molar-refractivity contribution in [2.75, 3.05) is 7.11 Å². The quantitative estimate of drug-likeness (QED) is 0.260. The molecule has 4 aromatic rings. The van der Waals surface area contributed by atoms with Crippen molar-refractivity contribution < 1.29 is 4.74 Å². The number of methoxy groups -OCH3 is 1. The van der Waals surface area contributed by atoms with Crippen LogP contribution in [0, 0.1) is 5.41 Å². The van der Waals surface area contributed by atoms with Crippen LogP contribution in [0.4, 0.5) is 0 Å². The Hall–Kier alpha value is -3.05. The maximum atomic E-state index is 5.54. The van der Waals surface area contributed by atoms with Gasteiger partial charge in [-0.2, -0.15) is 0 Å². The Morgan fingerprint density at radius 2 is 1.71 bits per heavy atom. The Balaban J connectivity index is 0.00000158. The minimum atomic E-state index is 0.153. The number of hydrogen-bond acceptors (Lipinski definition) is 5. The highest BCUT2D eigenvalue weighted by Crippen LogP contribution is 2.30. The largest absolute Gasteiger partial charge is 0.479 e. The van der Waals surface area contributed by atoms with Crippen LogP contribution in [0.3, 0.4) is 0 Å². The molecule has 4 rings (SSSR count). The summed E-state index contributed by atoms with van der Waals surface area (Å²) in [6, 6.07) is 16.2. The van der Waals surface area contributed by atoms with E-state index in [1.165, 1.54) is 10.7 Å². The summed E-state index contributed by atoms with van der Waals surface area (Å²) in [5.41, 5.74) is 5.94.